The maximum Gasteiger partial charge on any atom is 0.419 e. The summed E-state index contributed by atoms with van der Waals surface area (Å²) in [5.74, 6) is 0.157. The predicted molar refractivity (Wildman–Crippen MR) is 56.7 cm³/mol. The van der Waals surface area contributed by atoms with E-state index < -0.39 is 11.7 Å². The van der Waals surface area contributed by atoms with Crippen molar-refractivity contribution in [2.24, 2.45) is 5.92 Å². The summed E-state index contributed by atoms with van der Waals surface area (Å²) in [7, 11) is 0. The molecule has 1 N–H and O–H groups in total. The normalized spacial score (nSPS) is 20.5. The minimum absolute atomic E-state index is 0.105. The molecule has 0 bridgehead atoms. The Morgan fingerprint density at radius 2 is 2.29 bits per heavy atom. The number of nitrogens with zero attached hydrogens (tertiary/aromatic N) is 1. The summed E-state index contributed by atoms with van der Waals surface area (Å²) in [4.78, 5) is 3.73. The third kappa shape index (κ3) is 3.09. The van der Waals surface area contributed by atoms with Crippen molar-refractivity contribution in [1.82, 2.24) is 4.98 Å². The minimum Gasteiger partial charge on any atom is -0.381 e. The van der Waals surface area contributed by atoms with E-state index in [0.717, 1.165) is 12.5 Å². The molecule has 0 aromatic carbocycles. The lowest BCUT2D eigenvalue weighted by molar-refractivity contribution is -0.137. The van der Waals surface area contributed by atoms with Crippen LogP contribution in [-0.2, 0) is 10.9 Å². The monoisotopic (exact) mass is 246 g/mol. The molecule has 0 radical (unpaired) electrons. The molecule has 17 heavy (non-hydrogen) atoms. The van der Waals surface area contributed by atoms with Crippen LogP contribution in [0.5, 0.6) is 0 Å². The number of hydrogen-bond donors (Lipinski definition) is 1. The van der Waals surface area contributed by atoms with Gasteiger partial charge in [0.05, 0.1) is 12.2 Å². The molecule has 1 aliphatic heterocycles. The van der Waals surface area contributed by atoms with Gasteiger partial charge in [-0.25, -0.2) is 4.98 Å². The Morgan fingerprint density at radius 3 is 2.94 bits per heavy atom. The lowest BCUT2D eigenvalue weighted by Gasteiger charge is -2.14. The van der Waals surface area contributed by atoms with Crippen molar-refractivity contribution in [1.29, 1.82) is 0 Å². The van der Waals surface area contributed by atoms with Crippen molar-refractivity contribution < 1.29 is 17.9 Å². The topological polar surface area (TPSA) is 34.2 Å². The summed E-state index contributed by atoms with van der Waals surface area (Å²) in [5.41, 5.74) is -0.723. The largest absolute Gasteiger partial charge is 0.419 e. The van der Waals surface area contributed by atoms with Gasteiger partial charge in [0.25, 0.3) is 0 Å². The zero-order valence-electron chi connectivity index (χ0n) is 9.13. The van der Waals surface area contributed by atoms with E-state index in [1.165, 1.54) is 12.3 Å². The Kier molecular flexibility index (Phi) is 3.51. The first-order chi connectivity index (χ1) is 8.07. The first kappa shape index (κ1) is 12.2. The zero-order valence-corrected chi connectivity index (χ0v) is 9.13. The van der Waals surface area contributed by atoms with Gasteiger partial charge >= 0.3 is 6.18 Å². The van der Waals surface area contributed by atoms with Crippen LogP contribution in [0.25, 0.3) is 0 Å². The molecule has 1 atom stereocenters. The maximum absolute atomic E-state index is 12.6. The molecule has 0 aliphatic carbocycles. The van der Waals surface area contributed by atoms with Crippen LogP contribution in [0.3, 0.4) is 0 Å². The van der Waals surface area contributed by atoms with Gasteiger partial charge in [-0.1, -0.05) is 0 Å². The van der Waals surface area contributed by atoms with E-state index in [1.54, 1.807) is 0 Å². The Hall–Kier alpha value is -1.30. The van der Waals surface area contributed by atoms with Crippen molar-refractivity contribution in [2.45, 2.75) is 12.6 Å². The molecule has 1 aliphatic rings. The van der Waals surface area contributed by atoms with Gasteiger partial charge < -0.3 is 10.1 Å². The van der Waals surface area contributed by atoms with Crippen molar-refractivity contribution >= 4 is 5.82 Å². The number of anilines is 1. The van der Waals surface area contributed by atoms with E-state index in [4.69, 9.17) is 4.74 Å². The number of hydrogen-bond acceptors (Lipinski definition) is 3. The van der Waals surface area contributed by atoms with Gasteiger partial charge in [-0.15, -0.1) is 0 Å². The number of pyridine rings is 1. The molecule has 3 nitrogen and oxygen atoms in total. The highest BCUT2D eigenvalue weighted by Crippen LogP contribution is 2.33. The van der Waals surface area contributed by atoms with Crippen LogP contribution >= 0.6 is 0 Å². The van der Waals surface area contributed by atoms with E-state index in [-0.39, 0.29) is 11.7 Å². The van der Waals surface area contributed by atoms with Gasteiger partial charge in [0.15, 0.2) is 0 Å². The summed E-state index contributed by atoms with van der Waals surface area (Å²) in [6, 6.07) is 2.31. The minimum atomic E-state index is -4.37. The van der Waals surface area contributed by atoms with Crippen LogP contribution in [0, 0.1) is 5.92 Å². The first-order valence-corrected chi connectivity index (χ1v) is 5.41. The summed E-state index contributed by atoms with van der Waals surface area (Å²) in [6.45, 7) is 1.74. The molecule has 0 saturated carbocycles. The van der Waals surface area contributed by atoms with Crippen molar-refractivity contribution in [3.8, 4) is 0 Å². The van der Waals surface area contributed by atoms with Crippen molar-refractivity contribution in [3.05, 3.63) is 23.9 Å². The van der Waals surface area contributed by atoms with Gasteiger partial charge in [0, 0.05) is 25.3 Å². The third-order valence-corrected chi connectivity index (χ3v) is 2.70. The van der Waals surface area contributed by atoms with Crippen LogP contribution in [0.1, 0.15) is 12.0 Å². The average Bonchev–Trinajstić information content (AvgIpc) is 2.78. The van der Waals surface area contributed by atoms with E-state index in [0.29, 0.717) is 19.8 Å². The van der Waals surface area contributed by atoms with Crippen LogP contribution in [0.15, 0.2) is 18.3 Å². The molecule has 0 amide bonds. The molecule has 2 heterocycles. The molecule has 1 saturated heterocycles. The van der Waals surface area contributed by atoms with Gasteiger partial charge in [0.2, 0.25) is 0 Å². The molecule has 1 unspecified atom stereocenters. The average molecular weight is 246 g/mol. The molecular weight excluding hydrogens is 233 g/mol. The fourth-order valence-electron chi connectivity index (χ4n) is 1.76. The number of halogens is 3. The van der Waals surface area contributed by atoms with Gasteiger partial charge in [-0.2, -0.15) is 13.2 Å². The number of alkyl halides is 3. The number of ether oxygens (including phenoxy) is 1. The van der Waals surface area contributed by atoms with E-state index in [1.807, 2.05) is 0 Å². The second-order valence-electron chi connectivity index (χ2n) is 4.01. The molecule has 1 aromatic rings. The number of rotatable bonds is 3. The van der Waals surface area contributed by atoms with Crippen LogP contribution in [-0.4, -0.2) is 24.7 Å². The molecule has 2 rings (SSSR count). The number of nitrogens with one attached hydrogen (secondary N) is 1. The van der Waals surface area contributed by atoms with Gasteiger partial charge in [-0.3, -0.25) is 0 Å². The fourth-order valence-corrected chi connectivity index (χ4v) is 1.76. The molecule has 1 fully saturated rings. The highest BCUT2D eigenvalue weighted by Gasteiger charge is 2.34. The zero-order chi connectivity index (χ0) is 12.3. The smallest absolute Gasteiger partial charge is 0.381 e. The molecular formula is C11H13F3N2O. The predicted octanol–water partition coefficient (Wildman–Crippen LogP) is 2.55. The summed E-state index contributed by atoms with van der Waals surface area (Å²) >= 11 is 0. The third-order valence-electron chi connectivity index (χ3n) is 2.70. The van der Waals surface area contributed by atoms with Crippen LogP contribution in [0.4, 0.5) is 19.0 Å². The van der Waals surface area contributed by atoms with E-state index in [9.17, 15) is 13.2 Å². The Labute approximate surface area is 97.0 Å². The molecule has 1 aromatic heterocycles. The Morgan fingerprint density at radius 1 is 1.47 bits per heavy atom. The SMILES string of the molecule is FC(F)(F)c1cccnc1NCC1CCOC1. The van der Waals surface area contributed by atoms with Crippen molar-refractivity contribution in [2.75, 3.05) is 25.1 Å². The second-order valence-corrected chi connectivity index (χ2v) is 4.01. The molecule has 6 heteroatoms. The van der Waals surface area contributed by atoms with Gasteiger partial charge in [0.1, 0.15) is 5.82 Å². The number of aromatic nitrogens is 1. The Bertz CT molecular complexity index is 375. The summed E-state index contributed by atoms with van der Waals surface area (Å²) < 4.78 is 43.1. The highest BCUT2D eigenvalue weighted by atomic mass is 19.4. The van der Waals surface area contributed by atoms with E-state index in [2.05, 4.69) is 10.3 Å². The molecule has 94 valence electrons. The van der Waals surface area contributed by atoms with Crippen molar-refractivity contribution in [3.63, 3.8) is 0 Å². The lowest BCUT2D eigenvalue weighted by Crippen LogP contribution is -2.18. The van der Waals surface area contributed by atoms with Crippen LogP contribution < -0.4 is 5.32 Å². The standard InChI is InChI=1S/C11H13F3N2O/c12-11(13,14)9-2-1-4-15-10(9)16-6-8-3-5-17-7-8/h1-2,4,8H,3,5-7H2,(H,15,16). The fraction of sp³-hybridized carbons (Fsp3) is 0.545. The summed E-state index contributed by atoms with van der Waals surface area (Å²) in [5, 5.41) is 2.75. The summed E-state index contributed by atoms with van der Waals surface area (Å²) in [6.07, 6.45) is -2.15. The molecule has 0 spiro atoms. The van der Waals surface area contributed by atoms with Crippen LogP contribution in [0.2, 0.25) is 0 Å². The quantitative estimate of drug-likeness (QED) is 0.890. The first-order valence-electron chi connectivity index (χ1n) is 5.41. The Balaban J connectivity index is 2.04. The van der Waals surface area contributed by atoms with Gasteiger partial charge in [-0.05, 0) is 18.6 Å². The maximum atomic E-state index is 12.6. The van der Waals surface area contributed by atoms with E-state index >= 15 is 0 Å². The lowest BCUT2D eigenvalue weighted by atomic mass is 10.1. The second kappa shape index (κ2) is 4.91. The highest BCUT2D eigenvalue weighted by molar-refractivity contribution is 5.45.